The van der Waals surface area contributed by atoms with Gasteiger partial charge in [0.1, 0.15) is 12.1 Å². The Morgan fingerprint density at radius 1 is 1.18 bits per heavy atom. The van der Waals surface area contributed by atoms with Crippen molar-refractivity contribution in [3.05, 3.63) is 45.2 Å². The lowest BCUT2D eigenvalue weighted by Gasteiger charge is -2.16. The van der Waals surface area contributed by atoms with E-state index in [0.717, 1.165) is 30.4 Å². The van der Waals surface area contributed by atoms with E-state index in [-0.39, 0.29) is 11.6 Å². The van der Waals surface area contributed by atoms with Gasteiger partial charge in [0, 0.05) is 17.6 Å². The number of benzene rings is 1. The summed E-state index contributed by atoms with van der Waals surface area (Å²) in [4.78, 5) is 20.9. The molecule has 1 aliphatic rings. The van der Waals surface area contributed by atoms with E-state index in [9.17, 15) is 10.1 Å². The molecule has 0 unspecified atom stereocenters. The van der Waals surface area contributed by atoms with Gasteiger partial charge in [-0.05, 0) is 37.1 Å². The van der Waals surface area contributed by atoms with Gasteiger partial charge in [-0.1, -0.05) is 15.9 Å². The second kappa shape index (κ2) is 6.27. The van der Waals surface area contributed by atoms with E-state index < -0.39 is 4.92 Å². The summed E-state index contributed by atoms with van der Waals surface area (Å²) >= 11 is 3.33. The van der Waals surface area contributed by atoms with Gasteiger partial charge in [0.2, 0.25) is 5.82 Å². The second-order valence-electron chi connectivity index (χ2n) is 4.86. The van der Waals surface area contributed by atoms with Gasteiger partial charge in [0.15, 0.2) is 0 Å². The predicted octanol–water partition coefficient (Wildman–Crippen LogP) is 3.54. The van der Waals surface area contributed by atoms with Crippen LogP contribution in [0.1, 0.15) is 12.8 Å². The summed E-state index contributed by atoms with van der Waals surface area (Å²) in [5.41, 5.74) is -0.188. The Hall–Kier alpha value is -2.22. The Bertz CT molecular complexity index is 687. The van der Waals surface area contributed by atoms with Crippen LogP contribution in [0.4, 0.5) is 11.5 Å². The van der Waals surface area contributed by atoms with Crippen LogP contribution in [0.25, 0.3) is 0 Å². The molecule has 7 nitrogen and oxygen atoms in total. The van der Waals surface area contributed by atoms with Crippen LogP contribution < -0.4 is 9.64 Å². The Kier molecular flexibility index (Phi) is 4.19. The lowest BCUT2D eigenvalue weighted by molar-refractivity contribution is -0.385. The summed E-state index contributed by atoms with van der Waals surface area (Å²) in [6, 6.07) is 7.02. The van der Waals surface area contributed by atoms with Crippen LogP contribution in [0.3, 0.4) is 0 Å². The van der Waals surface area contributed by atoms with Crippen LogP contribution in [0.5, 0.6) is 11.6 Å². The molecule has 114 valence electrons. The molecule has 0 amide bonds. The first-order chi connectivity index (χ1) is 10.6. The van der Waals surface area contributed by atoms with Crippen LogP contribution >= 0.6 is 15.9 Å². The van der Waals surface area contributed by atoms with Gasteiger partial charge in [0.05, 0.1) is 4.92 Å². The molecule has 2 aromatic rings. The van der Waals surface area contributed by atoms with Gasteiger partial charge in [-0.3, -0.25) is 10.1 Å². The number of hydrogen-bond acceptors (Lipinski definition) is 6. The molecule has 1 saturated heterocycles. The zero-order valence-electron chi connectivity index (χ0n) is 11.6. The van der Waals surface area contributed by atoms with E-state index in [0.29, 0.717) is 11.6 Å². The van der Waals surface area contributed by atoms with Crippen molar-refractivity contribution in [2.45, 2.75) is 12.8 Å². The molecule has 1 aromatic heterocycles. The summed E-state index contributed by atoms with van der Waals surface area (Å²) < 4.78 is 6.48. The van der Waals surface area contributed by atoms with Crippen LogP contribution in [0, 0.1) is 10.1 Å². The summed E-state index contributed by atoms with van der Waals surface area (Å²) in [5.74, 6) is 0.770. The fraction of sp³-hybridized carbons (Fsp3) is 0.286. The molecule has 0 atom stereocenters. The summed E-state index contributed by atoms with van der Waals surface area (Å²) in [7, 11) is 0. The van der Waals surface area contributed by atoms with Crippen molar-refractivity contribution < 1.29 is 9.66 Å². The first-order valence-electron chi connectivity index (χ1n) is 6.83. The predicted molar refractivity (Wildman–Crippen MR) is 84.3 cm³/mol. The van der Waals surface area contributed by atoms with E-state index in [1.807, 2.05) is 4.90 Å². The molecule has 2 heterocycles. The van der Waals surface area contributed by atoms with Gasteiger partial charge in [0.25, 0.3) is 0 Å². The molecule has 1 aromatic carbocycles. The lowest BCUT2D eigenvalue weighted by atomic mass is 10.3. The molecular weight excluding hydrogens is 352 g/mol. The summed E-state index contributed by atoms with van der Waals surface area (Å²) in [5, 5.41) is 11.5. The molecule has 1 aliphatic heterocycles. The maximum atomic E-state index is 11.5. The number of halogens is 1. The highest BCUT2D eigenvalue weighted by Crippen LogP contribution is 2.37. The van der Waals surface area contributed by atoms with E-state index in [4.69, 9.17) is 4.74 Å². The normalized spacial score (nSPS) is 14.1. The minimum absolute atomic E-state index is 0.0378. The van der Waals surface area contributed by atoms with Gasteiger partial charge in [-0.2, -0.15) is 4.98 Å². The molecule has 0 bridgehead atoms. The number of aromatic nitrogens is 2. The van der Waals surface area contributed by atoms with Crippen molar-refractivity contribution in [1.29, 1.82) is 0 Å². The van der Waals surface area contributed by atoms with Gasteiger partial charge < -0.3 is 9.64 Å². The Morgan fingerprint density at radius 2 is 1.86 bits per heavy atom. The number of hydrogen-bond donors (Lipinski definition) is 0. The molecule has 0 aliphatic carbocycles. The van der Waals surface area contributed by atoms with Crippen molar-refractivity contribution in [3.63, 3.8) is 0 Å². The molecule has 0 saturated carbocycles. The van der Waals surface area contributed by atoms with E-state index in [2.05, 4.69) is 25.9 Å². The topological polar surface area (TPSA) is 81.4 Å². The number of anilines is 1. The molecule has 1 fully saturated rings. The smallest absolute Gasteiger partial charge is 0.373 e. The minimum atomic E-state index is -0.484. The molecule has 0 spiro atoms. The van der Waals surface area contributed by atoms with E-state index in [1.54, 1.807) is 24.3 Å². The van der Waals surface area contributed by atoms with Crippen LogP contribution in [0.2, 0.25) is 0 Å². The highest BCUT2D eigenvalue weighted by atomic mass is 79.9. The number of ether oxygens (including phenoxy) is 1. The first kappa shape index (κ1) is 14.7. The first-order valence-corrected chi connectivity index (χ1v) is 7.62. The fourth-order valence-electron chi connectivity index (χ4n) is 2.36. The number of nitrogens with zero attached hydrogens (tertiary/aromatic N) is 4. The van der Waals surface area contributed by atoms with E-state index >= 15 is 0 Å². The fourth-order valence-corrected chi connectivity index (χ4v) is 2.63. The third kappa shape index (κ3) is 3.01. The molecule has 0 radical (unpaired) electrons. The van der Waals surface area contributed by atoms with Gasteiger partial charge >= 0.3 is 11.6 Å². The molecule has 0 N–H and O–H groups in total. The molecule has 8 heteroatoms. The van der Waals surface area contributed by atoms with Crippen LogP contribution in [-0.4, -0.2) is 28.0 Å². The Balaban J connectivity index is 1.97. The third-order valence-electron chi connectivity index (χ3n) is 3.39. The zero-order chi connectivity index (χ0) is 15.5. The van der Waals surface area contributed by atoms with Crippen molar-refractivity contribution in [3.8, 4) is 11.6 Å². The Morgan fingerprint density at radius 3 is 2.50 bits per heavy atom. The maximum Gasteiger partial charge on any atom is 0.373 e. The quantitative estimate of drug-likeness (QED) is 0.609. The Labute approximate surface area is 135 Å². The van der Waals surface area contributed by atoms with Gasteiger partial charge in [-0.15, -0.1) is 0 Å². The van der Waals surface area contributed by atoms with Crippen LogP contribution in [0.15, 0.2) is 35.1 Å². The van der Waals surface area contributed by atoms with Gasteiger partial charge in [-0.25, -0.2) is 4.98 Å². The summed E-state index contributed by atoms with van der Waals surface area (Å²) in [6.07, 6.45) is 3.31. The second-order valence-corrected chi connectivity index (χ2v) is 5.77. The number of nitro groups is 1. The standard InChI is InChI=1S/C14H13BrN4O3/c15-10-3-5-11(6-4-10)22-14-12(19(20)21)13(16-9-17-14)18-7-1-2-8-18/h3-6,9H,1-2,7-8H2. The van der Waals surface area contributed by atoms with Crippen molar-refractivity contribution >= 4 is 27.4 Å². The average Bonchev–Trinajstić information content (AvgIpc) is 3.03. The van der Waals surface area contributed by atoms with Crippen molar-refractivity contribution in [2.24, 2.45) is 0 Å². The summed E-state index contributed by atoms with van der Waals surface area (Å²) in [6.45, 7) is 1.52. The largest absolute Gasteiger partial charge is 0.434 e. The van der Waals surface area contributed by atoms with Crippen molar-refractivity contribution in [2.75, 3.05) is 18.0 Å². The average molecular weight is 365 g/mol. The minimum Gasteiger partial charge on any atom is -0.434 e. The van der Waals surface area contributed by atoms with Crippen LogP contribution in [-0.2, 0) is 0 Å². The maximum absolute atomic E-state index is 11.5. The third-order valence-corrected chi connectivity index (χ3v) is 3.91. The number of rotatable bonds is 4. The molecule has 22 heavy (non-hydrogen) atoms. The highest BCUT2D eigenvalue weighted by Gasteiger charge is 2.29. The zero-order valence-corrected chi connectivity index (χ0v) is 13.2. The van der Waals surface area contributed by atoms with Crippen molar-refractivity contribution in [1.82, 2.24) is 9.97 Å². The molecule has 3 rings (SSSR count). The monoisotopic (exact) mass is 364 g/mol. The van der Waals surface area contributed by atoms with E-state index in [1.165, 1.54) is 6.33 Å². The lowest BCUT2D eigenvalue weighted by Crippen LogP contribution is -2.20. The highest BCUT2D eigenvalue weighted by molar-refractivity contribution is 9.10. The molecular formula is C14H13BrN4O3. The SMILES string of the molecule is O=[N+]([O-])c1c(Oc2ccc(Br)cc2)ncnc1N1CCCC1.